The van der Waals surface area contributed by atoms with Gasteiger partial charge in [0.05, 0.1) is 15.6 Å². The number of carboxylic acids is 1. The number of hydrogen-bond donors (Lipinski definition) is 2. The van der Waals surface area contributed by atoms with E-state index in [0.29, 0.717) is 16.5 Å². The van der Waals surface area contributed by atoms with Crippen molar-refractivity contribution in [2.24, 2.45) is 0 Å². The SMILES string of the molecule is CCn1c(C(=O)NC(c2cc(Cl)c(F)c(Cl)c2)C(F)(F)F)cc2cc(C(=O)O)c(C)cc21. The van der Waals surface area contributed by atoms with Crippen LogP contribution >= 0.6 is 23.2 Å². The molecule has 32 heavy (non-hydrogen) atoms. The molecular formula is C21H16Cl2F4N2O3. The summed E-state index contributed by atoms with van der Waals surface area (Å²) in [5.41, 5.74) is 0.315. The first-order valence-corrected chi connectivity index (χ1v) is 10.00. The minimum absolute atomic E-state index is 0.0153. The van der Waals surface area contributed by atoms with Crippen LogP contribution in [-0.2, 0) is 6.54 Å². The van der Waals surface area contributed by atoms with Gasteiger partial charge >= 0.3 is 12.1 Å². The van der Waals surface area contributed by atoms with Gasteiger partial charge in [-0.25, -0.2) is 9.18 Å². The fraction of sp³-hybridized carbons (Fsp3) is 0.238. The molecule has 1 atom stereocenters. The van der Waals surface area contributed by atoms with Crippen molar-refractivity contribution >= 4 is 46.0 Å². The summed E-state index contributed by atoms with van der Waals surface area (Å²) in [6.07, 6.45) is -4.93. The molecule has 1 amide bonds. The molecule has 1 heterocycles. The molecule has 0 aliphatic carbocycles. The number of halogens is 6. The molecule has 0 spiro atoms. The van der Waals surface area contributed by atoms with Crippen LogP contribution in [0.15, 0.2) is 30.3 Å². The van der Waals surface area contributed by atoms with Crippen LogP contribution < -0.4 is 5.32 Å². The van der Waals surface area contributed by atoms with Gasteiger partial charge in [0.25, 0.3) is 5.91 Å². The molecule has 2 aromatic carbocycles. The molecule has 3 aromatic rings. The van der Waals surface area contributed by atoms with E-state index in [1.807, 2.05) is 5.32 Å². The number of fused-ring (bicyclic) bond motifs is 1. The predicted molar refractivity (Wildman–Crippen MR) is 112 cm³/mol. The largest absolute Gasteiger partial charge is 0.478 e. The van der Waals surface area contributed by atoms with Crippen molar-refractivity contribution in [1.82, 2.24) is 9.88 Å². The van der Waals surface area contributed by atoms with E-state index >= 15 is 0 Å². The Labute approximate surface area is 189 Å². The molecule has 0 saturated carbocycles. The van der Waals surface area contributed by atoms with E-state index in [-0.39, 0.29) is 17.8 Å². The second-order valence-electron chi connectivity index (χ2n) is 7.05. The van der Waals surface area contributed by atoms with Crippen molar-refractivity contribution in [3.8, 4) is 0 Å². The van der Waals surface area contributed by atoms with E-state index in [4.69, 9.17) is 23.2 Å². The third kappa shape index (κ3) is 4.40. The Morgan fingerprint density at radius 3 is 2.22 bits per heavy atom. The van der Waals surface area contributed by atoms with Gasteiger partial charge in [-0.1, -0.05) is 23.2 Å². The Balaban J connectivity index is 2.08. The molecule has 1 unspecified atom stereocenters. The molecule has 170 valence electrons. The molecule has 0 aliphatic rings. The number of alkyl halides is 3. The van der Waals surface area contributed by atoms with E-state index in [9.17, 15) is 32.3 Å². The van der Waals surface area contributed by atoms with Gasteiger partial charge in [-0.05, 0) is 55.3 Å². The molecule has 2 N–H and O–H groups in total. The predicted octanol–water partition coefficient (Wildman–Crippen LogP) is 6.15. The van der Waals surface area contributed by atoms with Crippen molar-refractivity contribution < 1.29 is 32.3 Å². The number of carbonyl (C=O) groups excluding carboxylic acids is 1. The first kappa shape index (κ1) is 23.9. The summed E-state index contributed by atoms with van der Waals surface area (Å²) in [6.45, 7) is 3.51. The highest BCUT2D eigenvalue weighted by Crippen LogP contribution is 2.37. The number of nitrogens with one attached hydrogen (secondary N) is 1. The molecule has 1 aromatic heterocycles. The van der Waals surface area contributed by atoms with Gasteiger partial charge in [0.15, 0.2) is 11.9 Å². The molecule has 0 radical (unpaired) electrons. The van der Waals surface area contributed by atoms with Crippen LogP contribution in [0.4, 0.5) is 17.6 Å². The van der Waals surface area contributed by atoms with Crippen LogP contribution in [0.25, 0.3) is 10.9 Å². The molecule has 5 nitrogen and oxygen atoms in total. The molecular weight excluding hydrogens is 475 g/mol. The Morgan fingerprint density at radius 2 is 1.72 bits per heavy atom. The molecule has 0 fully saturated rings. The highest BCUT2D eigenvalue weighted by molar-refractivity contribution is 6.35. The first-order valence-electron chi connectivity index (χ1n) is 9.24. The summed E-state index contributed by atoms with van der Waals surface area (Å²) in [7, 11) is 0. The maximum atomic E-state index is 13.8. The summed E-state index contributed by atoms with van der Waals surface area (Å²) < 4.78 is 56.4. The van der Waals surface area contributed by atoms with Gasteiger partial charge in [0.2, 0.25) is 0 Å². The van der Waals surface area contributed by atoms with Gasteiger partial charge < -0.3 is 15.0 Å². The number of rotatable bonds is 5. The van der Waals surface area contributed by atoms with E-state index in [1.54, 1.807) is 19.9 Å². The zero-order valence-corrected chi connectivity index (χ0v) is 18.2. The van der Waals surface area contributed by atoms with Gasteiger partial charge in [-0.15, -0.1) is 0 Å². The Kier molecular flexibility index (Phi) is 6.44. The van der Waals surface area contributed by atoms with Gasteiger partial charge in [-0.3, -0.25) is 4.79 Å². The molecule has 0 saturated heterocycles. The highest BCUT2D eigenvalue weighted by Gasteiger charge is 2.43. The first-order chi connectivity index (χ1) is 14.8. The number of carbonyl (C=O) groups is 2. The van der Waals surface area contributed by atoms with Crippen LogP contribution in [0.2, 0.25) is 10.0 Å². The maximum absolute atomic E-state index is 13.8. The lowest BCUT2D eigenvalue weighted by Crippen LogP contribution is -2.39. The summed E-state index contributed by atoms with van der Waals surface area (Å²) in [5, 5.41) is 10.4. The topological polar surface area (TPSA) is 71.3 Å². The zero-order chi connectivity index (χ0) is 24.0. The van der Waals surface area contributed by atoms with Crippen LogP contribution in [-0.4, -0.2) is 27.7 Å². The Morgan fingerprint density at radius 1 is 1.12 bits per heavy atom. The number of hydrogen-bond acceptors (Lipinski definition) is 2. The Hall–Kier alpha value is -2.78. The van der Waals surface area contributed by atoms with Crippen LogP contribution in [0.1, 0.15) is 44.9 Å². The number of amides is 1. The quantitative estimate of drug-likeness (QED) is 0.333. The van der Waals surface area contributed by atoms with Crippen molar-refractivity contribution in [2.75, 3.05) is 0 Å². The Bertz CT molecular complexity index is 1210. The number of benzene rings is 2. The maximum Gasteiger partial charge on any atom is 0.412 e. The third-order valence-electron chi connectivity index (χ3n) is 4.97. The summed E-state index contributed by atoms with van der Waals surface area (Å²) in [6, 6.07) is 3.22. The number of aromatic nitrogens is 1. The third-order valence-corrected chi connectivity index (χ3v) is 5.52. The van der Waals surface area contributed by atoms with Crippen molar-refractivity contribution in [2.45, 2.75) is 32.6 Å². The second kappa shape index (κ2) is 8.63. The normalized spacial score (nSPS) is 12.8. The zero-order valence-electron chi connectivity index (χ0n) is 16.6. The minimum atomic E-state index is -4.93. The highest BCUT2D eigenvalue weighted by atomic mass is 35.5. The smallest absolute Gasteiger partial charge is 0.412 e. The van der Waals surface area contributed by atoms with E-state index in [2.05, 4.69) is 0 Å². The summed E-state index contributed by atoms with van der Waals surface area (Å²) in [4.78, 5) is 24.3. The number of nitrogens with zero attached hydrogens (tertiary/aromatic N) is 1. The number of aromatic carboxylic acids is 1. The average molecular weight is 491 g/mol. The fourth-order valence-electron chi connectivity index (χ4n) is 3.47. The molecule has 3 rings (SSSR count). The minimum Gasteiger partial charge on any atom is -0.478 e. The second-order valence-corrected chi connectivity index (χ2v) is 7.87. The monoisotopic (exact) mass is 490 g/mol. The van der Waals surface area contributed by atoms with Crippen molar-refractivity contribution in [3.63, 3.8) is 0 Å². The lowest BCUT2D eigenvalue weighted by atomic mass is 10.1. The lowest BCUT2D eigenvalue weighted by Gasteiger charge is -2.23. The molecule has 0 bridgehead atoms. The van der Waals surface area contributed by atoms with Crippen LogP contribution in [0.3, 0.4) is 0 Å². The summed E-state index contributed by atoms with van der Waals surface area (Å²) >= 11 is 11.3. The van der Waals surface area contributed by atoms with Crippen molar-refractivity contribution in [3.05, 3.63) is 68.6 Å². The fourth-order valence-corrected chi connectivity index (χ4v) is 3.98. The summed E-state index contributed by atoms with van der Waals surface area (Å²) in [5.74, 6) is -3.29. The van der Waals surface area contributed by atoms with Gasteiger partial charge in [-0.2, -0.15) is 13.2 Å². The lowest BCUT2D eigenvalue weighted by molar-refractivity contribution is -0.155. The standard InChI is InChI=1S/C21H16Cl2F4N2O3/c1-3-29-15-4-9(2)12(20(31)32)5-10(15)8-16(29)19(30)28-18(21(25,26)27)11-6-13(22)17(24)14(23)7-11/h4-8,18H,3H2,1-2H3,(H,28,30)(H,31,32). The molecule has 0 aliphatic heterocycles. The van der Waals surface area contributed by atoms with Crippen LogP contribution in [0, 0.1) is 12.7 Å². The number of aryl methyl sites for hydroxylation is 2. The van der Waals surface area contributed by atoms with Crippen LogP contribution in [0.5, 0.6) is 0 Å². The van der Waals surface area contributed by atoms with Crippen molar-refractivity contribution in [1.29, 1.82) is 0 Å². The number of carboxylic acid groups (broad SMARTS) is 1. The molecule has 11 heteroatoms. The van der Waals surface area contributed by atoms with Gasteiger partial charge in [0.1, 0.15) is 5.69 Å². The van der Waals surface area contributed by atoms with Gasteiger partial charge in [0, 0.05) is 17.4 Å². The van der Waals surface area contributed by atoms with E-state index in [0.717, 1.165) is 12.1 Å². The van der Waals surface area contributed by atoms with E-state index in [1.165, 1.54) is 16.7 Å². The average Bonchev–Trinajstić information content (AvgIpc) is 3.05. The van der Waals surface area contributed by atoms with E-state index < -0.39 is 45.5 Å².